The first-order chi connectivity index (χ1) is 10.6. The normalized spacial score (nSPS) is 16.0. The van der Waals surface area contributed by atoms with Gasteiger partial charge in [0.25, 0.3) is 0 Å². The van der Waals surface area contributed by atoms with Gasteiger partial charge in [-0.1, -0.05) is 12.1 Å². The molecule has 1 amide bonds. The summed E-state index contributed by atoms with van der Waals surface area (Å²) in [5.41, 5.74) is 6.32. The molecule has 1 saturated heterocycles. The SMILES string of the molecule is Cl.NC(=O)C1CCN(CCCCNCc2cccc(F)c2)CC1. The summed E-state index contributed by atoms with van der Waals surface area (Å²) in [4.78, 5) is 13.5. The van der Waals surface area contributed by atoms with Gasteiger partial charge in [0, 0.05) is 12.5 Å². The Morgan fingerprint density at radius 1 is 1.30 bits per heavy atom. The van der Waals surface area contributed by atoms with Crippen molar-refractivity contribution in [2.75, 3.05) is 26.2 Å². The summed E-state index contributed by atoms with van der Waals surface area (Å²) in [6.45, 7) is 4.68. The van der Waals surface area contributed by atoms with E-state index in [2.05, 4.69) is 10.2 Å². The molecule has 1 fully saturated rings. The minimum absolute atomic E-state index is 0. The lowest BCUT2D eigenvalue weighted by Gasteiger charge is -2.30. The molecule has 23 heavy (non-hydrogen) atoms. The summed E-state index contributed by atoms with van der Waals surface area (Å²) in [5, 5.41) is 3.34. The summed E-state index contributed by atoms with van der Waals surface area (Å²) in [7, 11) is 0. The van der Waals surface area contributed by atoms with E-state index in [1.807, 2.05) is 6.07 Å². The topological polar surface area (TPSA) is 58.4 Å². The van der Waals surface area contributed by atoms with Gasteiger partial charge in [-0.05, 0) is 69.6 Å². The van der Waals surface area contributed by atoms with Gasteiger partial charge in [0.15, 0.2) is 0 Å². The molecule has 2 rings (SSSR count). The summed E-state index contributed by atoms with van der Waals surface area (Å²) < 4.78 is 13.0. The van der Waals surface area contributed by atoms with Gasteiger partial charge < -0.3 is 16.0 Å². The second-order valence-corrected chi connectivity index (χ2v) is 6.03. The smallest absolute Gasteiger partial charge is 0.220 e. The van der Waals surface area contributed by atoms with Crippen molar-refractivity contribution in [2.45, 2.75) is 32.2 Å². The van der Waals surface area contributed by atoms with Crippen molar-refractivity contribution in [1.82, 2.24) is 10.2 Å². The van der Waals surface area contributed by atoms with Gasteiger partial charge in [0.1, 0.15) is 5.82 Å². The van der Waals surface area contributed by atoms with E-state index in [4.69, 9.17) is 5.73 Å². The molecular weight excluding hydrogens is 317 g/mol. The molecular formula is C17H27ClFN3O. The standard InChI is InChI=1S/C17H26FN3O.ClH/c18-16-5-3-4-14(12-16)13-20-8-1-2-9-21-10-6-15(7-11-21)17(19)22;/h3-5,12,15,20H,1-2,6-11,13H2,(H2,19,22);1H. The molecule has 3 N–H and O–H groups in total. The maximum Gasteiger partial charge on any atom is 0.220 e. The fourth-order valence-corrected chi connectivity index (χ4v) is 2.91. The molecule has 0 unspecified atom stereocenters. The number of nitrogens with two attached hydrogens (primary N) is 1. The Labute approximate surface area is 144 Å². The molecule has 6 heteroatoms. The van der Waals surface area contributed by atoms with Crippen molar-refractivity contribution in [3.8, 4) is 0 Å². The lowest BCUT2D eigenvalue weighted by Crippen LogP contribution is -2.39. The number of carbonyl (C=O) groups excluding carboxylic acids is 1. The predicted molar refractivity (Wildman–Crippen MR) is 92.9 cm³/mol. The summed E-state index contributed by atoms with van der Waals surface area (Å²) in [6.07, 6.45) is 4.03. The number of nitrogens with one attached hydrogen (secondary N) is 1. The number of benzene rings is 1. The van der Waals surface area contributed by atoms with E-state index in [1.54, 1.807) is 12.1 Å². The van der Waals surface area contributed by atoms with Crippen molar-refractivity contribution >= 4 is 18.3 Å². The van der Waals surface area contributed by atoms with Crippen molar-refractivity contribution < 1.29 is 9.18 Å². The molecule has 0 bridgehead atoms. The summed E-state index contributed by atoms with van der Waals surface area (Å²) >= 11 is 0. The monoisotopic (exact) mass is 343 g/mol. The summed E-state index contributed by atoms with van der Waals surface area (Å²) in [5.74, 6) is -0.260. The van der Waals surface area contributed by atoms with Crippen LogP contribution in [0.4, 0.5) is 4.39 Å². The van der Waals surface area contributed by atoms with Gasteiger partial charge in [0.05, 0.1) is 0 Å². The highest BCUT2D eigenvalue weighted by Crippen LogP contribution is 2.16. The molecule has 1 aliphatic rings. The molecule has 0 aliphatic carbocycles. The third-order valence-electron chi connectivity index (χ3n) is 4.29. The van der Waals surface area contributed by atoms with Crippen LogP contribution < -0.4 is 11.1 Å². The molecule has 1 aromatic carbocycles. The van der Waals surface area contributed by atoms with Crippen molar-refractivity contribution in [2.24, 2.45) is 11.7 Å². The highest BCUT2D eigenvalue weighted by molar-refractivity contribution is 5.85. The van der Waals surface area contributed by atoms with Crippen molar-refractivity contribution in [3.05, 3.63) is 35.6 Å². The van der Waals surface area contributed by atoms with E-state index in [9.17, 15) is 9.18 Å². The molecule has 0 saturated carbocycles. The Bertz CT molecular complexity index is 479. The zero-order chi connectivity index (χ0) is 15.8. The van der Waals surface area contributed by atoms with Crippen molar-refractivity contribution in [3.63, 3.8) is 0 Å². The lowest BCUT2D eigenvalue weighted by molar-refractivity contribution is -0.123. The molecule has 1 aromatic rings. The number of nitrogens with zero attached hydrogens (tertiary/aromatic N) is 1. The number of carbonyl (C=O) groups is 1. The van der Waals surface area contributed by atoms with Gasteiger partial charge in [-0.15, -0.1) is 12.4 Å². The highest BCUT2D eigenvalue weighted by atomic mass is 35.5. The second-order valence-electron chi connectivity index (χ2n) is 6.03. The number of piperidine rings is 1. The minimum Gasteiger partial charge on any atom is -0.369 e. The summed E-state index contributed by atoms with van der Waals surface area (Å²) in [6, 6.07) is 6.70. The molecule has 0 radical (unpaired) electrons. The van der Waals surface area contributed by atoms with Crippen LogP contribution >= 0.6 is 12.4 Å². The van der Waals surface area contributed by atoms with Crippen LogP contribution in [0.3, 0.4) is 0 Å². The zero-order valence-electron chi connectivity index (χ0n) is 13.5. The van der Waals surface area contributed by atoms with E-state index in [0.717, 1.165) is 57.4 Å². The van der Waals surface area contributed by atoms with E-state index in [0.29, 0.717) is 6.54 Å². The Morgan fingerprint density at radius 3 is 2.70 bits per heavy atom. The van der Waals surface area contributed by atoms with Crippen LogP contribution in [-0.4, -0.2) is 37.0 Å². The van der Waals surface area contributed by atoms with E-state index in [1.165, 1.54) is 6.07 Å². The number of hydrogen-bond donors (Lipinski definition) is 2. The van der Waals surface area contributed by atoms with Crippen LogP contribution in [-0.2, 0) is 11.3 Å². The molecule has 130 valence electrons. The molecule has 0 aromatic heterocycles. The minimum atomic E-state index is -0.182. The fraction of sp³-hybridized carbons (Fsp3) is 0.588. The molecule has 1 aliphatic heterocycles. The number of likely N-dealkylation sites (tertiary alicyclic amines) is 1. The number of halogens is 2. The van der Waals surface area contributed by atoms with Crippen LogP contribution in [0.2, 0.25) is 0 Å². The van der Waals surface area contributed by atoms with E-state index >= 15 is 0 Å². The average Bonchev–Trinajstić information content (AvgIpc) is 2.51. The van der Waals surface area contributed by atoms with Crippen LogP contribution in [0.1, 0.15) is 31.2 Å². The highest BCUT2D eigenvalue weighted by Gasteiger charge is 2.22. The van der Waals surface area contributed by atoms with Crippen molar-refractivity contribution in [1.29, 1.82) is 0 Å². The Morgan fingerprint density at radius 2 is 2.04 bits per heavy atom. The first-order valence-corrected chi connectivity index (χ1v) is 8.12. The van der Waals surface area contributed by atoms with Crippen LogP contribution in [0, 0.1) is 11.7 Å². The van der Waals surface area contributed by atoms with Gasteiger partial charge in [0.2, 0.25) is 5.91 Å². The van der Waals surface area contributed by atoms with Gasteiger partial charge >= 0.3 is 0 Å². The number of unbranched alkanes of at least 4 members (excludes halogenated alkanes) is 1. The van der Waals surface area contributed by atoms with E-state index in [-0.39, 0.29) is 30.0 Å². The molecule has 0 spiro atoms. The number of rotatable bonds is 8. The number of hydrogen-bond acceptors (Lipinski definition) is 3. The first-order valence-electron chi connectivity index (χ1n) is 8.12. The third-order valence-corrected chi connectivity index (χ3v) is 4.29. The fourth-order valence-electron chi connectivity index (χ4n) is 2.91. The maximum absolute atomic E-state index is 13.0. The predicted octanol–water partition coefficient (Wildman–Crippen LogP) is 2.31. The van der Waals surface area contributed by atoms with Gasteiger partial charge in [-0.3, -0.25) is 4.79 Å². The van der Waals surface area contributed by atoms with Gasteiger partial charge in [-0.25, -0.2) is 4.39 Å². The average molecular weight is 344 g/mol. The largest absolute Gasteiger partial charge is 0.369 e. The van der Waals surface area contributed by atoms with Crippen LogP contribution in [0.5, 0.6) is 0 Å². The third kappa shape index (κ3) is 7.29. The number of amides is 1. The Hall–Kier alpha value is -1.17. The van der Waals surface area contributed by atoms with Crippen LogP contribution in [0.15, 0.2) is 24.3 Å². The zero-order valence-corrected chi connectivity index (χ0v) is 14.3. The molecule has 0 atom stereocenters. The Balaban J connectivity index is 0.00000264. The maximum atomic E-state index is 13.0. The molecule has 1 heterocycles. The second kappa shape index (κ2) is 10.6. The van der Waals surface area contributed by atoms with E-state index < -0.39 is 0 Å². The first kappa shape index (κ1) is 19.9. The number of primary amides is 1. The Kier molecular flexibility index (Phi) is 9.14. The van der Waals surface area contributed by atoms with Crippen LogP contribution in [0.25, 0.3) is 0 Å². The molecule has 4 nitrogen and oxygen atoms in total. The lowest BCUT2D eigenvalue weighted by atomic mass is 9.96. The quantitative estimate of drug-likeness (QED) is 0.712. The van der Waals surface area contributed by atoms with Gasteiger partial charge in [-0.2, -0.15) is 0 Å².